The predicted molar refractivity (Wildman–Crippen MR) is 37.6 cm³/mol. The first-order chi connectivity index (χ1) is 4.21. The molecule has 52 valence electrons. The summed E-state index contributed by atoms with van der Waals surface area (Å²) in [6, 6.07) is 0. The smallest absolute Gasteiger partial charge is 0.163 e. The molecule has 2 nitrogen and oxygen atoms in total. The first kappa shape index (κ1) is 6.96. The number of hydrogen-bond donors (Lipinski definition) is 1. The SMILES string of the molecule is CCC1(S(=O)O)C=CC1. The average Bonchev–Trinajstić information content (AvgIpc) is 1.62. The van der Waals surface area contributed by atoms with E-state index in [0.717, 1.165) is 12.8 Å². The van der Waals surface area contributed by atoms with Gasteiger partial charge in [-0.3, -0.25) is 0 Å². The highest BCUT2D eigenvalue weighted by atomic mass is 32.2. The fourth-order valence-electron chi connectivity index (χ4n) is 0.896. The van der Waals surface area contributed by atoms with Gasteiger partial charge < -0.3 is 4.55 Å². The van der Waals surface area contributed by atoms with Crippen LogP contribution in [0.3, 0.4) is 0 Å². The molecule has 0 saturated heterocycles. The van der Waals surface area contributed by atoms with Gasteiger partial charge >= 0.3 is 0 Å². The minimum atomic E-state index is -1.67. The first-order valence-corrected chi connectivity index (χ1v) is 4.10. The van der Waals surface area contributed by atoms with Gasteiger partial charge in [0.25, 0.3) is 0 Å². The van der Waals surface area contributed by atoms with Crippen molar-refractivity contribution in [2.45, 2.75) is 24.5 Å². The number of allylic oxidation sites excluding steroid dienone is 1. The Morgan fingerprint density at radius 1 is 1.89 bits per heavy atom. The second-order valence-electron chi connectivity index (χ2n) is 2.27. The maximum absolute atomic E-state index is 10.6. The molecule has 1 aliphatic carbocycles. The van der Waals surface area contributed by atoms with Crippen LogP contribution in [0, 0.1) is 0 Å². The van der Waals surface area contributed by atoms with Crippen LogP contribution < -0.4 is 0 Å². The van der Waals surface area contributed by atoms with Gasteiger partial charge in [-0.2, -0.15) is 0 Å². The minimum absolute atomic E-state index is 0.389. The summed E-state index contributed by atoms with van der Waals surface area (Å²) in [6.07, 6.45) is 5.26. The molecule has 0 aromatic rings. The average molecular weight is 146 g/mol. The predicted octanol–water partition coefficient (Wildman–Crippen LogP) is 1.32. The van der Waals surface area contributed by atoms with E-state index in [1.54, 1.807) is 0 Å². The topological polar surface area (TPSA) is 37.3 Å². The van der Waals surface area contributed by atoms with Gasteiger partial charge in [0.05, 0.1) is 4.75 Å². The van der Waals surface area contributed by atoms with Crippen molar-refractivity contribution in [3.05, 3.63) is 12.2 Å². The lowest BCUT2D eigenvalue weighted by atomic mass is 9.92. The molecule has 0 aliphatic heterocycles. The lowest BCUT2D eigenvalue weighted by Gasteiger charge is -2.29. The quantitative estimate of drug-likeness (QED) is 0.471. The summed E-state index contributed by atoms with van der Waals surface area (Å²) in [4.78, 5) is 0. The van der Waals surface area contributed by atoms with Crippen LogP contribution in [0.2, 0.25) is 0 Å². The third-order valence-electron chi connectivity index (χ3n) is 1.83. The van der Waals surface area contributed by atoms with Crippen molar-refractivity contribution >= 4 is 11.1 Å². The van der Waals surface area contributed by atoms with Crippen LogP contribution in [0.1, 0.15) is 19.8 Å². The molecule has 9 heavy (non-hydrogen) atoms. The first-order valence-electron chi connectivity index (χ1n) is 3.00. The van der Waals surface area contributed by atoms with Crippen molar-refractivity contribution < 1.29 is 8.76 Å². The van der Waals surface area contributed by atoms with E-state index in [1.807, 2.05) is 19.1 Å². The molecule has 0 saturated carbocycles. The summed E-state index contributed by atoms with van der Waals surface area (Å²) in [5, 5.41) is 0. The Morgan fingerprint density at radius 2 is 2.44 bits per heavy atom. The van der Waals surface area contributed by atoms with Crippen molar-refractivity contribution in [3.8, 4) is 0 Å². The molecule has 0 heterocycles. The maximum Gasteiger partial charge on any atom is 0.163 e. The van der Waals surface area contributed by atoms with Crippen molar-refractivity contribution in [1.82, 2.24) is 0 Å². The van der Waals surface area contributed by atoms with E-state index in [2.05, 4.69) is 0 Å². The molecule has 2 atom stereocenters. The zero-order valence-corrected chi connectivity index (χ0v) is 6.15. The maximum atomic E-state index is 10.6. The molecule has 0 amide bonds. The van der Waals surface area contributed by atoms with E-state index in [9.17, 15) is 4.21 Å². The molecule has 2 unspecified atom stereocenters. The summed E-state index contributed by atoms with van der Waals surface area (Å²) in [5.74, 6) is 0. The Labute approximate surface area is 57.2 Å². The van der Waals surface area contributed by atoms with Crippen LogP contribution in [0.4, 0.5) is 0 Å². The summed E-state index contributed by atoms with van der Waals surface area (Å²) in [6.45, 7) is 1.93. The van der Waals surface area contributed by atoms with Crippen LogP contribution in [0.25, 0.3) is 0 Å². The van der Waals surface area contributed by atoms with Crippen molar-refractivity contribution in [3.63, 3.8) is 0 Å². The van der Waals surface area contributed by atoms with Gasteiger partial charge in [0.15, 0.2) is 11.1 Å². The third-order valence-corrected chi connectivity index (χ3v) is 3.12. The molecule has 1 aliphatic rings. The zero-order valence-electron chi connectivity index (χ0n) is 5.33. The molecular weight excluding hydrogens is 136 g/mol. The molecule has 1 rings (SSSR count). The Morgan fingerprint density at radius 3 is 2.44 bits per heavy atom. The van der Waals surface area contributed by atoms with Crippen molar-refractivity contribution in [1.29, 1.82) is 0 Å². The highest BCUT2D eigenvalue weighted by Crippen LogP contribution is 2.31. The van der Waals surface area contributed by atoms with Crippen LogP contribution >= 0.6 is 0 Å². The van der Waals surface area contributed by atoms with Crippen molar-refractivity contribution in [2.24, 2.45) is 0 Å². The third kappa shape index (κ3) is 0.946. The van der Waals surface area contributed by atoms with E-state index >= 15 is 0 Å². The number of hydrogen-bond acceptors (Lipinski definition) is 1. The standard InChI is InChI=1S/C6H10O2S/c1-2-6(9(7)8)4-3-5-6/h3-4H,2,5H2,1H3,(H,7,8). The van der Waals surface area contributed by atoms with Crippen molar-refractivity contribution in [2.75, 3.05) is 0 Å². The summed E-state index contributed by atoms with van der Waals surface area (Å²) in [7, 11) is 0. The Bertz CT molecular complexity index is 164. The molecule has 0 spiro atoms. The second kappa shape index (κ2) is 2.23. The Hall–Kier alpha value is -0.150. The van der Waals surface area contributed by atoms with Crippen LogP contribution in [-0.4, -0.2) is 13.5 Å². The molecule has 0 bridgehead atoms. The van der Waals surface area contributed by atoms with Gasteiger partial charge in [0.2, 0.25) is 0 Å². The monoisotopic (exact) mass is 146 g/mol. The van der Waals surface area contributed by atoms with E-state index < -0.39 is 11.1 Å². The summed E-state index contributed by atoms with van der Waals surface area (Å²) >= 11 is -1.67. The normalized spacial score (nSPS) is 35.8. The fraction of sp³-hybridized carbons (Fsp3) is 0.667. The van der Waals surface area contributed by atoms with Gasteiger partial charge in [0.1, 0.15) is 0 Å². The van der Waals surface area contributed by atoms with E-state index in [0.29, 0.717) is 0 Å². The van der Waals surface area contributed by atoms with E-state index in [1.165, 1.54) is 0 Å². The molecular formula is C6H10O2S. The molecule has 1 N–H and O–H groups in total. The van der Waals surface area contributed by atoms with Crippen LogP contribution in [0.5, 0.6) is 0 Å². The zero-order chi connectivity index (χ0) is 6.91. The summed E-state index contributed by atoms with van der Waals surface area (Å²) < 4.78 is 18.9. The van der Waals surface area contributed by atoms with Crippen LogP contribution in [-0.2, 0) is 11.1 Å². The Kier molecular flexibility index (Phi) is 1.73. The molecule has 0 aromatic heterocycles. The van der Waals surface area contributed by atoms with Gasteiger partial charge in [-0.05, 0) is 12.8 Å². The summed E-state index contributed by atoms with van der Waals surface area (Å²) in [5.41, 5.74) is 0. The lowest BCUT2D eigenvalue weighted by Crippen LogP contribution is -2.35. The second-order valence-corrected chi connectivity index (χ2v) is 3.59. The highest BCUT2D eigenvalue weighted by molar-refractivity contribution is 7.81. The number of rotatable bonds is 2. The molecule has 0 radical (unpaired) electrons. The van der Waals surface area contributed by atoms with E-state index in [4.69, 9.17) is 4.55 Å². The minimum Gasteiger partial charge on any atom is -0.305 e. The van der Waals surface area contributed by atoms with E-state index in [-0.39, 0.29) is 4.75 Å². The van der Waals surface area contributed by atoms with Gasteiger partial charge in [0, 0.05) is 0 Å². The lowest BCUT2D eigenvalue weighted by molar-refractivity contribution is 0.501. The largest absolute Gasteiger partial charge is 0.305 e. The van der Waals surface area contributed by atoms with Gasteiger partial charge in [-0.25, -0.2) is 4.21 Å². The van der Waals surface area contributed by atoms with Gasteiger partial charge in [-0.1, -0.05) is 19.1 Å². The highest BCUT2D eigenvalue weighted by Gasteiger charge is 2.35. The fourth-order valence-corrected chi connectivity index (χ4v) is 1.59. The van der Waals surface area contributed by atoms with Crippen LogP contribution in [0.15, 0.2) is 12.2 Å². The molecule has 0 fully saturated rings. The van der Waals surface area contributed by atoms with Gasteiger partial charge in [-0.15, -0.1) is 0 Å². The molecule has 3 heteroatoms. The molecule has 0 aromatic carbocycles. The Balaban J connectivity index is 2.70.